The first kappa shape index (κ1) is 14.0. The maximum atomic E-state index is 11.0. The van der Waals surface area contributed by atoms with Crippen LogP contribution in [0.2, 0.25) is 0 Å². The van der Waals surface area contributed by atoms with Crippen LogP contribution in [0.1, 0.15) is 20.3 Å². The summed E-state index contributed by atoms with van der Waals surface area (Å²) in [4.78, 5) is 21.8. The molecular weight excluding hydrogens is 232 g/mol. The molecule has 0 aliphatic rings. The van der Waals surface area contributed by atoms with E-state index in [0.717, 1.165) is 5.69 Å². The number of anilines is 2. The van der Waals surface area contributed by atoms with Gasteiger partial charge in [0.15, 0.2) is 0 Å². The Morgan fingerprint density at radius 1 is 1.28 bits per heavy atom. The molecule has 0 aliphatic heterocycles. The largest absolute Gasteiger partial charge is 0.495 e. The number of nitrogens with one attached hydrogen (secondary N) is 2. The van der Waals surface area contributed by atoms with Crippen LogP contribution >= 0.6 is 0 Å². The molecule has 1 rings (SSSR count). The van der Waals surface area contributed by atoms with Gasteiger partial charge in [0.1, 0.15) is 11.5 Å². The summed E-state index contributed by atoms with van der Waals surface area (Å²) in [6.07, 6.45) is 0.452. The Hall–Kier alpha value is -2.04. The Balaban J connectivity index is 2.78. The summed E-state index contributed by atoms with van der Waals surface area (Å²) in [6, 6.07) is 5.30. The highest BCUT2D eigenvalue weighted by Crippen LogP contribution is 2.27. The summed E-state index contributed by atoms with van der Waals surface area (Å²) in [5, 5.41) is 5.81. The third-order valence-electron chi connectivity index (χ3n) is 2.31. The Labute approximate surface area is 107 Å². The van der Waals surface area contributed by atoms with Gasteiger partial charge < -0.3 is 15.4 Å². The Morgan fingerprint density at radius 2 is 2.00 bits per heavy atom. The van der Waals surface area contributed by atoms with Gasteiger partial charge in [-0.05, 0) is 25.1 Å². The van der Waals surface area contributed by atoms with Crippen molar-refractivity contribution in [1.29, 1.82) is 0 Å². The molecule has 0 spiro atoms. The third-order valence-corrected chi connectivity index (χ3v) is 2.31. The minimum Gasteiger partial charge on any atom is -0.495 e. The van der Waals surface area contributed by atoms with E-state index >= 15 is 0 Å². The molecule has 1 aromatic carbocycles. The molecule has 0 heterocycles. The second-order valence-electron chi connectivity index (χ2n) is 3.98. The molecule has 18 heavy (non-hydrogen) atoms. The van der Waals surface area contributed by atoms with Gasteiger partial charge in [-0.15, -0.1) is 0 Å². The zero-order valence-corrected chi connectivity index (χ0v) is 10.9. The molecule has 0 aliphatic carbocycles. The summed E-state index contributed by atoms with van der Waals surface area (Å²) < 4.78 is 5.20. The lowest BCUT2D eigenvalue weighted by Crippen LogP contribution is -2.09. The minimum atomic E-state index is -0.130. The van der Waals surface area contributed by atoms with Crippen molar-refractivity contribution in [3.8, 4) is 5.75 Å². The van der Waals surface area contributed by atoms with Gasteiger partial charge in [-0.2, -0.15) is 0 Å². The second-order valence-corrected chi connectivity index (χ2v) is 3.98. The van der Waals surface area contributed by atoms with Crippen LogP contribution in [0.25, 0.3) is 0 Å². The van der Waals surface area contributed by atoms with Crippen molar-refractivity contribution in [1.82, 2.24) is 0 Å². The first-order valence-corrected chi connectivity index (χ1v) is 5.72. The zero-order valence-electron chi connectivity index (χ0n) is 10.9. The zero-order chi connectivity index (χ0) is 13.5. The smallest absolute Gasteiger partial charge is 0.221 e. The number of hydrogen-bond acceptors (Lipinski definition) is 4. The highest BCUT2D eigenvalue weighted by atomic mass is 16.5. The van der Waals surface area contributed by atoms with Crippen LogP contribution in [0.5, 0.6) is 5.75 Å². The van der Waals surface area contributed by atoms with Gasteiger partial charge in [0.25, 0.3) is 0 Å². The molecule has 0 saturated carbocycles. The number of rotatable bonds is 6. The molecule has 0 radical (unpaired) electrons. The predicted molar refractivity (Wildman–Crippen MR) is 71.1 cm³/mol. The van der Waals surface area contributed by atoms with Crippen molar-refractivity contribution in [2.45, 2.75) is 20.3 Å². The van der Waals surface area contributed by atoms with Gasteiger partial charge in [-0.1, -0.05) is 0 Å². The van der Waals surface area contributed by atoms with Crippen molar-refractivity contribution < 1.29 is 14.3 Å². The molecule has 2 N–H and O–H groups in total. The van der Waals surface area contributed by atoms with E-state index in [1.165, 1.54) is 6.92 Å². The lowest BCUT2D eigenvalue weighted by molar-refractivity contribution is -0.117. The van der Waals surface area contributed by atoms with Crippen LogP contribution in [0, 0.1) is 0 Å². The van der Waals surface area contributed by atoms with Crippen LogP contribution < -0.4 is 15.4 Å². The van der Waals surface area contributed by atoms with Crippen LogP contribution in [0.3, 0.4) is 0 Å². The first-order chi connectivity index (χ1) is 8.52. The van der Waals surface area contributed by atoms with E-state index in [2.05, 4.69) is 10.6 Å². The number of Topliss-reactive ketones (excluding diaryl/α,β-unsaturated/α-hetero) is 1. The average molecular weight is 250 g/mol. The van der Waals surface area contributed by atoms with Crippen LogP contribution in [-0.2, 0) is 9.59 Å². The molecule has 0 saturated heterocycles. The van der Waals surface area contributed by atoms with Gasteiger partial charge >= 0.3 is 0 Å². The fourth-order valence-corrected chi connectivity index (χ4v) is 1.50. The molecule has 5 heteroatoms. The van der Waals surface area contributed by atoms with E-state index in [9.17, 15) is 9.59 Å². The predicted octanol–water partition coefficient (Wildman–Crippen LogP) is 2.04. The van der Waals surface area contributed by atoms with Crippen LogP contribution in [0.4, 0.5) is 11.4 Å². The minimum absolute atomic E-state index is 0.125. The lowest BCUT2D eigenvalue weighted by Gasteiger charge is -2.12. The summed E-state index contributed by atoms with van der Waals surface area (Å²) in [5.74, 6) is 0.669. The third kappa shape index (κ3) is 4.45. The summed E-state index contributed by atoms with van der Waals surface area (Å²) in [6.45, 7) is 3.54. The quantitative estimate of drug-likeness (QED) is 0.810. The van der Waals surface area contributed by atoms with Crippen molar-refractivity contribution in [3.05, 3.63) is 18.2 Å². The number of amides is 1. The van der Waals surface area contributed by atoms with E-state index in [0.29, 0.717) is 24.4 Å². The number of carbonyl (C=O) groups is 2. The normalized spacial score (nSPS) is 9.72. The van der Waals surface area contributed by atoms with Gasteiger partial charge in [-0.25, -0.2) is 0 Å². The Kier molecular flexibility index (Phi) is 5.17. The van der Waals surface area contributed by atoms with Crippen LogP contribution in [-0.4, -0.2) is 25.3 Å². The van der Waals surface area contributed by atoms with Gasteiger partial charge in [0.2, 0.25) is 5.91 Å². The monoisotopic (exact) mass is 250 g/mol. The Bertz CT molecular complexity index is 444. The molecule has 1 aromatic rings. The number of hydrogen-bond donors (Lipinski definition) is 2. The number of ether oxygens (including phenoxy) is 1. The number of carbonyl (C=O) groups excluding carboxylic acids is 2. The van der Waals surface area contributed by atoms with Crippen molar-refractivity contribution in [3.63, 3.8) is 0 Å². The van der Waals surface area contributed by atoms with Gasteiger partial charge in [0, 0.05) is 25.6 Å². The topological polar surface area (TPSA) is 67.4 Å². The van der Waals surface area contributed by atoms with Crippen molar-refractivity contribution in [2.75, 3.05) is 24.3 Å². The molecule has 0 unspecified atom stereocenters. The molecule has 0 bridgehead atoms. The van der Waals surface area contributed by atoms with E-state index in [4.69, 9.17) is 4.74 Å². The van der Waals surface area contributed by atoms with E-state index in [-0.39, 0.29) is 11.7 Å². The standard InChI is InChI=1S/C13H18N2O3/c1-9(16)6-7-14-12-8-11(15-10(2)17)4-5-13(12)18-3/h4-5,8,14H,6-7H2,1-3H3,(H,15,17). The molecule has 5 nitrogen and oxygen atoms in total. The second kappa shape index (κ2) is 6.64. The number of methoxy groups -OCH3 is 1. The molecule has 0 aromatic heterocycles. The van der Waals surface area contributed by atoms with Gasteiger partial charge in [0.05, 0.1) is 12.8 Å². The van der Waals surface area contributed by atoms with Crippen molar-refractivity contribution in [2.24, 2.45) is 0 Å². The number of benzene rings is 1. The highest BCUT2D eigenvalue weighted by Gasteiger charge is 2.05. The van der Waals surface area contributed by atoms with E-state index in [1.54, 1.807) is 32.2 Å². The van der Waals surface area contributed by atoms with Crippen LogP contribution in [0.15, 0.2) is 18.2 Å². The summed E-state index contributed by atoms with van der Waals surface area (Å²) in [5.41, 5.74) is 1.44. The van der Waals surface area contributed by atoms with E-state index < -0.39 is 0 Å². The SMILES string of the molecule is COc1ccc(NC(C)=O)cc1NCCC(C)=O. The molecular formula is C13H18N2O3. The molecule has 0 fully saturated rings. The average Bonchev–Trinajstić information content (AvgIpc) is 2.28. The van der Waals surface area contributed by atoms with E-state index in [1.807, 2.05) is 0 Å². The molecule has 98 valence electrons. The van der Waals surface area contributed by atoms with Crippen molar-refractivity contribution >= 4 is 23.1 Å². The number of ketones is 1. The maximum Gasteiger partial charge on any atom is 0.221 e. The first-order valence-electron chi connectivity index (χ1n) is 5.72. The highest BCUT2D eigenvalue weighted by molar-refractivity contribution is 5.89. The summed E-state index contributed by atoms with van der Waals surface area (Å²) >= 11 is 0. The Morgan fingerprint density at radius 3 is 2.56 bits per heavy atom. The van der Waals surface area contributed by atoms with Gasteiger partial charge in [-0.3, -0.25) is 9.59 Å². The maximum absolute atomic E-state index is 11.0. The molecule has 0 atom stereocenters. The molecule has 1 amide bonds. The fourth-order valence-electron chi connectivity index (χ4n) is 1.50. The lowest BCUT2D eigenvalue weighted by atomic mass is 10.2. The summed E-state index contributed by atoms with van der Waals surface area (Å²) in [7, 11) is 1.57. The fraction of sp³-hybridized carbons (Fsp3) is 0.385.